The molecule has 12 heavy (non-hydrogen) atoms. The van der Waals surface area contributed by atoms with Gasteiger partial charge in [-0.15, -0.1) is 0 Å². The number of hydrogen-bond acceptors (Lipinski definition) is 2. The molecule has 0 radical (unpaired) electrons. The minimum Gasteiger partial charge on any atom is -0.391 e. The molecule has 2 rings (SSSR count). The highest BCUT2D eigenvalue weighted by Gasteiger charge is 2.33. The predicted octanol–water partition coefficient (Wildman–Crippen LogP) is 0.522. The summed E-state index contributed by atoms with van der Waals surface area (Å²) in [5, 5.41) is 9.46. The molecule has 0 aliphatic carbocycles. The summed E-state index contributed by atoms with van der Waals surface area (Å²) in [5.74, 6) is 0.237. The number of aliphatic hydroxyl groups is 1. The summed E-state index contributed by atoms with van der Waals surface area (Å²) in [6.45, 7) is 0.573. The molecule has 0 unspecified atom stereocenters. The number of aliphatic hydroxyl groups excluding tert-OH is 1. The largest absolute Gasteiger partial charge is 0.391 e. The average molecular weight is 169 g/mol. The predicted molar refractivity (Wildman–Crippen MR) is 44.6 cm³/mol. The van der Waals surface area contributed by atoms with Crippen molar-refractivity contribution in [1.29, 1.82) is 0 Å². The summed E-state index contributed by atoms with van der Waals surface area (Å²) >= 11 is 0. The second-order valence-electron chi connectivity index (χ2n) is 3.82. The molecule has 0 aromatic rings. The first-order chi connectivity index (χ1) is 5.77. The lowest BCUT2D eigenvalue weighted by Crippen LogP contribution is -2.36. The molecule has 0 aromatic heterocycles. The van der Waals surface area contributed by atoms with E-state index in [-0.39, 0.29) is 12.0 Å². The lowest BCUT2D eigenvalue weighted by Gasteiger charge is -2.22. The van der Waals surface area contributed by atoms with Gasteiger partial charge in [-0.1, -0.05) is 0 Å². The maximum Gasteiger partial charge on any atom is 0.222 e. The fraction of sp³-hybridized carbons (Fsp3) is 0.889. The Hall–Kier alpha value is -0.570. The van der Waals surface area contributed by atoms with E-state index in [0.717, 1.165) is 25.7 Å². The van der Waals surface area contributed by atoms with Gasteiger partial charge in [0.05, 0.1) is 6.10 Å². The van der Waals surface area contributed by atoms with Crippen molar-refractivity contribution in [3.63, 3.8) is 0 Å². The van der Waals surface area contributed by atoms with Gasteiger partial charge in [0.25, 0.3) is 0 Å². The fourth-order valence-corrected chi connectivity index (χ4v) is 2.25. The van der Waals surface area contributed by atoms with Gasteiger partial charge in [0.15, 0.2) is 0 Å². The fourth-order valence-electron chi connectivity index (χ4n) is 2.25. The normalized spacial score (nSPS) is 36.4. The second kappa shape index (κ2) is 3.05. The SMILES string of the molecule is O=C1CC[C@H]2CCC[C@@H](O)CN12. The topological polar surface area (TPSA) is 40.5 Å². The minimum atomic E-state index is -0.281. The van der Waals surface area contributed by atoms with Crippen LogP contribution in [0.15, 0.2) is 0 Å². The third-order valence-electron chi connectivity index (χ3n) is 2.93. The van der Waals surface area contributed by atoms with Crippen LogP contribution >= 0.6 is 0 Å². The van der Waals surface area contributed by atoms with Crippen LogP contribution < -0.4 is 0 Å². The Morgan fingerprint density at radius 1 is 1.33 bits per heavy atom. The minimum absolute atomic E-state index is 0.237. The summed E-state index contributed by atoms with van der Waals surface area (Å²) in [4.78, 5) is 13.2. The highest BCUT2D eigenvalue weighted by atomic mass is 16.3. The number of rotatable bonds is 0. The zero-order valence-electron chi connectivity index (χ0n) is 7.20. The van der Waals surface area contributed by atoms with Crippen molar-refractivity contribution in [3.05, 3.63) is 0 Å². The van der Waals surface area contributed by atoms with E-state index in [1.807, 2.05) is 4.90 Å². The van der Waals surface area contributed by atoms with Crippen molar-refractivity contribution in [3.8, 4) is 0 Å². The van der Waals surface area contributed by atoms with E-state index in [2.05, 4.69) is 0 Å². The Kier molecular flexibility index (Phi) is 2.05. The molecule has 3 nitrogen and oxygen atoms in total. The molecule has 2 atom stereocenters. The van der Waals surface area contributed by atoms with Crippen molar-refractivity contribution in [2.24, 2.45) is 0 Å². The first kappa shape index (κ1) is 8.05. The first-order valence-electron chi connectivity index (χ1n) is 4.75. The molecule has 2 saturated heterocycles. The number of amides is 1. The van der Waals surface area contributed by atoms with Crippen LogP contribution in [0.1, 0.15) is 32.1 Å². The van der Waals surface area contributed by atoms with Crippen molar-refractivity contribution >= 4 is 5.91 Å². The van der Waals surface area contributed by atoms with Crippen LogP contribution in [-0.2, 0) is 4.79 Å². The molecule has 1 N–H and O–H groups in total. The van der Waals surface area contributed by atoms with E-state index < -0.39 is 0 Å². The lowest BCUT2D eigenvalue weighted by molar-refractivity contribution is -0.130. The molecule has 2 heterocycles. The molecule has 0 bridgehead atoms. The monoisotopic (exact) mass is 169 g/mol. The van der Waals surface area contributed by atoms with Crippen LogP contribution in [0.2, 0.25) is 0 Å². The number of nitrogens with zero attached hydrogens (tertiary/aromatic N) is 1. The molecule has 0 aromatic carbocycles. The third-order valence-corrected chi connectivity index (χ3v) is 2.93. The zero-order valence-corrected chi connectivity index (χ0v) is 7.20. The number of fused-ring (bicyclic) bond motifs is 1. The average Bonchev–Trinajstić information content (AvgIpc) is 2.31. The van der Waals surface area contributed by atoms with Crippen LogP contribution in [0.4, 0.5) is 0 Å². The molecular weight excluding hydrogens is 154 g/mol. The Bertz CT molecular complexity index is 193. The Morgan fingerprint density at radius 3 is 3.00 bits per heavy atom. The molecule has 2 aliphatic heterocycles. The molecule has 2 aliphatic rings. The van der Waals surface area contributed by atoms with E-state index in [4.69, 9.17) is 0 Å². The number of carbonyl (C=O) groups is 1. The van der Waals surface area contributed by atoms with Gasteiger partial charge in [0.2, 0.25) is 5.91 Å². The summed E-state index contributed by atoms with van der Waals surface area (Å²) in [7, 11) is 0. The van der Waals surface area contributed by atoms with Gasteiger partial charge < -0.3 is 10.0 Å². The van der Waals surface area contributed by atoms with Crippen molar-refractivity contribution in [2.45, 2.75) is 44.2 Å². The molecule has 68 valence electrons. The summed E-state index contributed by atoms with van der Waals surface area (Å²) in [5.41, 5.74) is 0. The number of carbonyl (C=O) groups excluding carboxylic acids is 1. The van der Waals surface area contributed by atoms with Gasteiger partial charge >= 0.3 is 0 Å². The van der Waals surface area contributed by atoms with E-state index in [1.54, 1.807) is 0 Å². The molecular formula is C9H15NO2. The maximum absolute atomic E-state index is 11.3. The van der Waals surface area contributed by atoms with Gasteiger partial charge in [-0.2, -0.15) is 0 Å². The highest BCUT2D eigenvalue weighted by Crippen LogP contribution is 2.26. The second-order valence-corrected chi connectivity index (χ2v) is 3.82. The van der Waals surface area contributed by atoms with Gasteiger partial charge in [-0.05, 0) is 25.7 Å². The van der Waals surface area contributed by atoms with Gasteiger partial charge in [-0.25, -0.2) is 0 Å². The third kappa shape index (κ3) is 1.33. The number of hydrogen-bond donors (Lipinski definition) is 1. The molecule has 3 heteroatoms. The van der Waals surface area contributed by atoms with E-state index in [0.29, 0.717) is 19.0 Å². The Morgan fingerprint density at radius 2 is 2.17 bits per heavy atom. The van der Waals surface area contributed by atoms with Gasteiger partial charge in [0.1, 0.15) is 0 Å². The summed E-state index contributed by atoms with van der Waals surface area (Å²) < 4.78 is 0. The van der Waals surface area contributed by atoms with E-state index in [9.17, 15) is 9.90 Å². The highest BCUT2D eigenvalue weighted by molar-refractivity contribution is 5.78. The summed E-state index contributed by atoms with van der Waals surface area (Å²) in [6.07, 6.45) is 4.43. The van der Waals surface area contributed by atoms with Crippen molar-refractivity contribution in [2.75, 3.05) is 6.54 Å². The van der Waals surface area contributed by atoms with E-state index >= 15 is 0 Å². The molecule has 0 saturated carbocycles. The van der Waals surface area contributed by atoms with Gasteiger partial charge in [-0.3, -0.25) is 4.79 Å². The maximum atomic E-state index is 11.3. The van der Waals surface area contributed by atoms with Crippen LogP contribution in [0.25, 0.3) is 0 Å². The van der Waals surface area contributed by atoms with Crippen LogP contribution in [0.3, 0.4) is 0 Å². The van der Waals surface area contributed by atoms with E-state index in [1.165, 1.54) is 0 Å². The van der Waals surface area contributed by atoms with Crippen molar-refractivity contribution < 1.29 is 9.90 Å². The van der Waals surface area contributed by atoms with Crippen molar-refractivity contribution in [1.82, 2.24) is 4.90 Å². The van der Waals surface area contributed by atoms with Crippen LogP contribution in [-0.4, -0.2) is 34.6 Å². The molecule has 0 spiro atoms. The summed E-state index contributed by atoms with van der Waals surface area (Å²) in [6, 6.07) is 0.439. The Balaban J connectivity index is 2.08. The quantitative estimate of drug-likeness (QED) is 0.574. The van der Waals surface area contributed by atoms with Crippen LogP contribution in [0, 0.1) is 0 Å². The smallest absolute Gasteiger partial charge is 0.222 e. The standard InChI is InChI=1S/C9H15NO2/c11-8-3-1-2-7-4-5-9(12)10(7)6-8/h7-8,11H,1-6H2/t7-,8-/m1/s1. The Labute approximate surface area is 72.4 Å². The molecule has 1 amide bonds. The van der Waals surface area contributed by atoms with Gasteiger partial charge in [0, 0.05) is 19.0 Å². The van der Waals surface area contributed by atoms with Crippen LogP contribution in [0.5, 0.6) is 0 Å². The first-order valence-corrected chi connectivity index (χ1v) is 4.75. The zero-order chi connectivity index (χ0) is 8.55. The molecule has 2 fully saturated rings. The lowest BCUT2D eigenvalue weighted by atomic mass is 10.1.